The smallest absolute Gasteiger partial charge is 0.310 e. The van der Waals surface area contributed by atoms with Gasteiger partial charge in [-0.2, -0.15) is 0 Å². The minimum Gasteiger partial charge on any atom is -0.481 e. The van der Waals surface area contributed by atoms with E-state index in [2.05, 4.69) is 20.8 Å². The summed E-state index contributed by atoms with van der Waals surface area (Å²) in [5.74, 6) is -0.713. The van der Waals surface area contributed by atoms with E-state index in [1.54, 1.807) is 0 Å². The highest BCUT2D eigenvalue weighted by Gasteiger charge is 2.40. The molecule has 0 amide bonds. The van der Waals surface area contributed by atoms with Crippen LogP contribution in [0.1, 0.15) is 18.9 Å². The zero-order chi connectivity index (χ0) is 13.3. The largest absolute Gasteiger partial charge is 0.481 e. The predicted octanol–water partition coefficient (Wildman–Crippen LogP) is 3.40. The molecular formula is C13H15BrClNO2. The molecule has 1 atom stereocenters. The summed E-state index contributed by atoms with van der Waals surface area (Å²) in [4.78, 5) is 13.3. The van der Waals surface area contributed by atoms with Crippen LogP contribution in [0.15, 0.2) is 22.7 Å². The fourth-order valence-corrected chi connectivity index (χ4v) is 2.84. The van der Waals surface area contributed by atoms with Gasteiger partial charge in [-0.3, -0.25) is 9.69 Å². The Labute approximate surface area is 120 Å². The van der Waals surface area contributed by atoms with E-state index >= 15 is 0 Å². The molecule has 1 aliphatic rings. The number of carboxylic acid groups (broad SMARTS) is 1. The normalized spacial score (nSPS) is 24.4. The lowest BCUT2D eigenvalue weighted by atomic mass is 9.90. The third-order valence-corrected chi connectivity index (χ3v) is 4.48. The van der Waals surface area contributed by atoms with Crippen LogP contribution in [0.2, 0.25) is 5.02 Å². The van der Waals surface area contributed by atoms with Gasteiger partial charge in [0.1, 0.15) is 0 Å². The summed E-state index contributed by atoms with van der Waals surface area (Å²) >= 11 is 9.47. The third kappa shape index (κ3) is 2.87. The number of benzene rings is 1. The Morgan fingerprint density at radius 1 is 1.61 bits per heavy atom. The minimum absolute atomic E-state index is 0.585. The molecule has 0 aliphatic carbocycles. The second-order valence-corrected chi connectivity index (χ2v) is 6.35. The summed E-state index contributed by atoms with van der Waals surface area (Å²) in [6.07, 6.45) is 0.695. The number of aliphatic carboxylic acids is 1. The molecule has 0 saturated carbocycles. The first kappa shape index (κ1) is 13.8. The highest BCUT2D eigenvalue weighted by atomic mass is 79.9. The maximum absolute atomic E-state index is 11.2. The van der Waals surface area contributed by atoms with Gasteiger partial charge in [-0.05, 0) is 43.7 Å². The van der Waals surface area contributed by atoms with Gasteiger partial charge in [0.2, 0.25) is 0 Å². The van der Waals surface area contributed by atoms with Gasteiger partial charge in [-0.25, -0.2) is 0 Å². The first-order valence-electron chi connectivity index (χ1n) is 5.80. The SMILES string of the molecule is CC1(C(=O)O)CCN(Cc2cc(Cl)ccc2Br)C1. The Morgan fingerprint density at radius 2 is 2.33 bits per heavy atom. The zero-order valence-corrected chi connectivity index (χ0v) is 12.5. The molecule has 18 heavy (non-hydrogen) atoms. The fraction of sp³-hybridized carbons (Fsp3) is 0.462. The van der Waals surface area contributed by atoms with Crippen LogP contribution in [0.3, 0.4) is 0 Å². The van der Waals surface area contributed by atoms with E-state index in [9.17, 15) is 9.90 Å². The molecule has 1 fully saturated rings. The van der Waals surface area contributed by atoms with E-state index in [0.29, 0.717) is 18.0 Å². The first-order chi connectivity index (χ1) is 8.40. The van der Waals surface area contributed by atoms with Gasteiger partial charge in [0.05, 0.1) is 5.41 Å². The van der Waals surface area contributed by atoms with E-state index in [1.165, 1.54) is 0 Å². The lowest BCUT2D eigenvalue weighted by Crippen LogP contribution is -2.31. The maximum Gasteiger partial charge on any atom is 0.310 e. The third-order valence-electron chi connectivity index (χ3n) is 3.47. The lowest BCUT2D eigenvalue weighted by Gasteiger charge is -2.20. The van der Waals surface area contributed by atoms with Crippen LogP contribution in [-0.4, -0.2) is 29.1 Å². The molecule has 3 nitrogen and oxygen atoms in total. The topological polar surface area (TPSA) is 40.5 Å². The van der Waals surface area contributed by atoms with Crippen LogP contribution in [0, 0.1) is 5.41 Å². The van der Waals surface area contributed by atoms with Gasteiger partial charge in [-0.15, -0.1) is 0 Å². The Bertz CT molecular complexity index is 480. The average molecular weight is 333 g/mol. The van der Waals surface area contributed by atoms with E-state index in [-0.39, 0.29) is 0 Å². The predicted molar refractivity (Wildman–Crippen MR) is 74.8 cm³/mol. The number of hydrogen-bond donors (Lipinski definition) is 1. The van der Waals surface area contributed by atoms with Gasteiger partial charge >= 0.3 is 5.97 Å². The van der Waals surface area contributed by atoms with Crippen LogP contribution in [0.25, 0.3) is 0 Å². The van der Waals surface area contributed by atoms with Crippen molar-refractivity contribution in [1.82, 2.24) is 4.90 Å². The van der Waals surface area contributed by atoms with E-state index < -0.39 is 11.4 Å². The van der Waals surface area contributed by atoms with Gasteiger partial charge in [0, 0.05) is 22.6 Å². The Balaban J connectivity index is 2.08. The minimum atomic E-state index is -0.713. The molecule has 1 heterocycles. The van der Waals surface area contributed by atoms with Crippen molar-refractivity contribution in [3.05, 3.63) is 33.3 Å². The summed E-state index contributed by atoms with van der Waals surface area (Å²) in [6.45, 7) is 3.93. The molecule has 1 N–H and O–H groups in total. The molecule has 98 valence electrons. The summed E-state index contributed by atoms with van der Waals surface area (Å²) in [6, 6.07) is 5.67. The molecule has 2 rings (SSSR count). The Morgan fingerprint density at radius 3 is 2.94 bits per heavy atom. The fourth-order valence-electron chi connectivity index (χ4n) is 2.27. The second-order valence-electron chi connectivity index (χ2n) is 5.06. The van der Waals surface area contributed by atoms with Crippen molar-refractivity contribution in [2.75, 3.05) is 13.1 Å². The molecule has 1 aromatic carbocycles. The summed E-state index contributed by atoms with van der Waals surface area (Å²) in [7, 11) is 0. The monoisotopic (exact) mass is 331 g/mol. The van der Waals surface area contributed by atoms with Crippen molar-refractivity contribution in [1.29, 1.82) is 0 Å². The van der Waals surface area contributed by atoms with Crippen molar-refractivity contribution >= 4 is 33.5 Å². The first-order valence-corrected chi connectivity index (χ1v) is 6.97. The second kappa shape index (κ2) is 5.19. The van der Waals surface area contributed by atoms with Gasteiger partial charge in [-0.1, -0.05) is 27.5 Å². The summed E-state index contributed by atoms with van der Waals surface area (Å²) in [5.41, 5.74) is 0.475. The Kier molecular flexibility index (Phi) is 3.99. The molecule has 5 heteroatoms. The van der Waals surface area contributed by atoms with Crippen LogP contribution in [0.4, 0.5) is 0 Å². The number of likely N-dealkylation sites (tertiary alicyclic amines) is 1. The zero-order valence-electron chi connectivity index (χ0n) is 10.1. The number of carboxylic acids is 1. The molecule has 1 saturated heterocycles. The van der Waals surface area contributed by atoms with Crippen LogP contribution < -0.4 is 0 Å². The van der Waals surface area contributed by atoms with Gasteiger partial charge in [0.25, 0.3) is 0 Å². The molecule has 1 aromatic rings. The Hall–Kier alpha value is -0.580. The highest BCUT2D eigenvalue weighted by Crippen LogP contribution is 2.32. The number of nitrogens with zero attached hydrogens (tertiary/aromatic N) is 1. The number of rotatable bonds is 3. The summed E-state index contributed by atoms with van der Waals surface area (Å²) in [5, 5.41) is 9.90. The van der Waals surface area contributed by atoms with Crippen molar-refractivity contribution in [2.24, 2.45) is 5.41 Å². The average Bonchev–Trinajstić information content (AvgIpc) is 2.67. The van der Waals surface area contributed by atoms with Crippen LogP contribution >= 0.6 is 27.5 Å². The van der Waals surface area contributed by atoms with E-state index in [0.717, 1.165) is 23.1 Å². The molecule has 0 spiro atoms. The molecular weight excluding hydrogens is 318 g/mol. The molecule has 1 aliphatic heterocycles. The van der Waals surface area contributed by atoms with Crippen molar-refractivity contribution in [3.63, 3.8) is 0 Å². The number of carbonyl (C=O) groups is 1. The van der Waals surface area contributed by atoms with Crippen molar-refractivity contribution in [3.8, 4) is 0 Å². The lowest BCUT2D eigenvalue weighted by molar-refractivity contribution is -0.147. The maximum atomic E-state index is 11.2. The van der Waals surface area contributed by atoms with E-state index in [4.69, 9.17) is 11.6 Å². The number of halogens is 2. The quantitative estimate of drug-likeness (QED) is 0.922. The molecule has 0 bridgehead atoms. The van der Waals surface area contributed by atoms with Gasteiger partial charge in [0.15, 0.2) is 0 Å². The van der Waals surface area contributed by atoms with E-state index in [1.807, 2.05) is 25.1 Å². The summed E-state index contributed by atoms with van der Waals surface area (Å²) < 4.78 is 1.01. The molecule has 0 radical (unpaired) electrons. The standard InChI is InChI=1S/C13H15BrClNO2/c1-13(12(17)18)4-5-16(8-13)7-9-6-10(15)2-3-11(9)14/h2-3,6H,4-5,7-8H2,1H3,(H,17,18). The molecule has 0 aromatic heterocycles. The van der Waals surface area contributed by atoms with Crippen molar-refractivity contribution in [2.45, 2.75) is 19.9 Å². The highest BCUT2D eigenvalue weighted by molar-refractivity contribution is 9.10. The van der Waals surface area contributed by atoms with Crippen LogP contribution in [0.5, 0.6) is 0 Å². The van der Waals surface area contributed by atoms with Crippen LogP contribution in [-0.2, 0) is 11.3 Å². The van der Waals surface area contributed by atoms with Gasteiger partial charge < -0.3 is 5.11 Å². The van der Waals surface area contributed by atoms with Crippen molar-refractivity contribution < 1.29 is 9.90 Å². The molecule has 1 unspecified atom stereocenters. The number of hydrogen-bond acceptors (Lipinski definition) is 2.